The van der Waals surface area contributed by atoms with E-state index in [0.29, 0.717) is 5.56 Å². The molecule has 0 spiro atoms. The maximum Gasteiger partial charge on any atom is 0.451 e. The van der Waals surface area contributed by atoms with Gasteiger partial charge in [0.25, 0.3) is 0 Å². The molecule has 2 aromatic rings. The van der Waals surface area contributed by atoms with Crippen LogP contribution in [0.1, 0.15) is 16.2 Å². The van der Waals surface area contributed by atoms with Gasteiger partial charge in [0.1, 0.15) is 0 Å². The van der Waals surface area contributed by atoms with E-state index in [9.17, 15) is 18.0 Å². The second kappa shape index (κ2) is 4.13. The van der Waals surface area contributed by atoms with Crippen LogP contribution in [0.5, 0.6) is 0 Å². The van der Waals surface area contributed by atoms with E-state index in [1.807, 2.05) is 0 Å². The summed E-state index contributed by atoms with van der Waals surface area (Å²) < 4.78 is 36.8. The Morgan fingerprint density at radius 1 is 1.22 bits per heavy atom. The zero-order valence-corrected chi connectivity index (χ0v) is 8.69. The number of carboxylic acid groups (broad SMARTS) is 1. The fraction of sp³-hybridized carbons (Fsp3) is 0.100. The highest BCUT2D eigenvalue weighted by molar-refractivity contribution is 5.88. The summed E-state index contributed by atoms with van der Waals surface area (Å²) in [6, 6.07) is 5.21. The first-order valence-corrected chi connectivity index (χ1v) is 4.71. The van der Waals surface area contributed by atoms with E-state index in [0.717, 1.165) is 0 Å². The van der Waals surface area contributed by atoms with Gasteiger partial charge in [0, 0.05) is 5.56 Å². The van der Waals surface area contributed by atoms with E-state index < -0.39 is 18.0 Å². The Morgan fingerprint density at radius 2 is 1.83 bits per heavy atom. The molecule has 1 aromatic heterocycles. The van der Waals surface area contributed by atoms with Crippen LogP contribution in [0.3, 0.4) is 0 Å². The molecule has 0 bridgehead atoms. The molecule has 8 heteroatoms. The van der Waals surface area contributed by atoms with Crippen molar-refractivity contribution in [1.29, 1.82) is 0 Å². The van der Waals surface area contributed by atoms with E-state index in [4.69, 9.17) is 5.11 Å². The molecule has 0 unspecified atom stereocenters. The highest BCUT2D eigenvalue weighted by Gasteiger charge is 2.35. The molecule has 2 N–H and O–H groups in total. The number of benzene rings is 1. The van der Waals surface area contributed by atoms with Gasteiger partial charge in [0.2, 0.25) is 5.82 Å². The molecule has 5 nitrogen and oxygen atoms in total. The Labute approximate surface area is 98.3 Å². The summed E-state index contributed by atoms with van der Waals surface area (Å²) in [6.07, 6.45) is -4.59. The molecule has 1 heterocycles. The molecule has 0 saturated heterocycles. The number of H-pyrrole nitrogens is 1. The second-order valence-electron chi connectivity index (χ2n) is 3.39. The summed E-state index contributed by atoms with van der Waals surface area (Å²) in [5.41, 5.74) is 0.331. The van der Waals surface area contributed by atoms with Gasteiger partial charge in [-0.2, -0.15) is 18.3 Å². The third-order valence-corrected chi connectivity index (χ3v) is 2.14. The van der Waals surface area contributed by atoms with Crippen molar-refractivity contribution in [3.05, 3.63) is 35.7 Å². The predicted octanol–water partition coefficient (Wildman–Crippen LogP) is 2.19. The Bertz CT molecular complexity index is 575. The van der Waals surface area contributed by atoms with Crippen LogP contribution < -0.4 is 0 Å². The van der Waals surface area contributed by atoms with Crippen LogP contribution in [0.25, 0.3) is 11.4 Å². The standard InChI is InChI=1S/C10H6F3N3O2/c11-10(12,13)9-14-7(15-16-9)5-1-3-6(4-2-5)8(17)18/h1-4H,(H,17,18)(H,14,15,16). The largest absolute Gasteiger partial charge is 0.478 e. The summed E-state index contributed by atoms with van der Waals surface area (Å²) in [4.78, 5) is 13.9. The molecule has 0 aliphatic carbocycles. The lowest BCUT2D eigenvalue weighted by molar-refractivity contribution is -0.144. The lowest BCUT2D eigenvalue weighted by atomic mass is 10.1. The molecule has 0 fully saturated rings. The van der Waals surface area contributed by atoms with Gasteiger partial charge in [-0.3, -0.25) is 5.10 Å². The van der Waals surface area contributed by atoms with Gasteiger partial charge in [0.05, 0.1) is 5.56 Å². The molecule has 94 valence electrons. The summed E-state index contributed by atoms with van der Waals surface area (Å²) in [5, 5.41) is 13.9. The topological polar surface area (TPSA) is 78.9 Å². The first-order valence-electron chi connectivity index (χ1n) is 4.71. The van der Waals surface area contributed by atoms with Crippen LogP contribution in [0.15, 0.2) is 24.3 Å². The van der Waals surface area contributed by atoms with Gasteiger partial charge in [-0.25, -0.2) is 9.78 Å². The minimum atomic E-state index is -4.59. The van der Waals surface area contributed by atoms with Crippen LogP contribution in [-0.2, 0) is 6.18 Å². The summed E-state index contributed by atoms with van der Waals surface area (Å²) in [7, 11) is 0. The number of carboxylic acids is 1. The molecule has 0 atom stereocenters. The SMILES string of the molecule is O=C(O)c1ccc(-c2n[nH]c(C(F)(F)F)n2)cc1. The number of rotatable bonds is 2. The van der Waals surface area contributed by atoms with E-state index in [1.165, 1.54) is 24.3 Å². The van der Waals surface area contributed by atoms with E-state index >= 15 is 0 Å². The average molecular weight is 257 g/mol. The number of hydrogen-bond acceptors (Lipinski definition) is 3. The third-order valence-electron chi connectivity index (χ3n) is 2.14. The number of alkyl halides is 3. The van der Waals surface area contributed by atoms with Gasteiger partial charge in [-0.15, -0.1) is 0 Å². The molecule has 0 amide bonds. The van der Waals surface area contributed by atoms with Crippen LogP contribution in [0, 0.1) is 0 Å². The Hall–Kier alpha value is -2.38. The number of halogens is 3. The first kappa shape index (κ1) is 12.1. The highest BCUT2D eigenvalue weighted by Crippen LogP contribution is 2.27. The van der Waals surface area contributed by atoms with Crippen molar-refractivity contribution in [1.82, 2.24) is 15.2 Å². The summed E-state index contributed by atoms with van der Waals surface area (Å²) in [5.74, 6) is -2.45. The smallest absolute Gasteiger partial charge is 0.451 e. The number of nitrogens with one attached hydrogen (secondary N) is 1. The van der Waals surface area contributed by atoms with Gasteiger partial charge >= 0.3 is 12.1 Å². The van der Waals surface area contributed by atoms with Crippen molar-refractivity contribution >= 4 is 5.97 Å². The molecule has 0 aliphatic heterocycles. The van der Waals surface area contributed by atoms with E-state index in [2.05, 4.69) is 10.1 Å². The first-order chi connectivity index (χ1) is 8.38. The third kappa shape index (κ3) is 2.31. The number of carbonyl (C=O) groups is 1. The van der Waals surface area contributed by atoms with Crippen molar-refractivity contribution in [3.63, 3.8) is 0 Å². The van der Waals surface area contributed by atoms with E-state index in [-0.39, 0.29) is 11.4 Å². The zero-order valence-electron chi connectivity index (χ0n) is 8.69. The number of aromatic nitrogens is 3. The van der Waals surface area contributed by atoms with Crippen molar-refractivity contribution in [2.75, 3.05) is 0 Å². The lowest BCUT2D eigenvalue weighted by Gasteiger charge is -1.99. The molecule has 0 aliphatic rings. The van der Waals surface area contributed by atoms with Crippen molar-refractivity contribution < 1.29 is 23.1 Å². The molecular weight excluding hydrogens is 251 g/mol. The van der Waals surface area contributed by atoms with Crippen LogP contribution in [-0.4, -0.2) is 26.3 Å². The zero-order chi connectivity index (χ0) is 13.3. The Morgan fingerprint density at radius 3 is 2.28 bits per heavy atom. The highest BCUT2D eigenvalue weighted by atomic mass is 19.4. The second-order valence-corrected chi connectivity index (χ2v) is 3.39. The lowest BCUT2D eigenvalue weighted by Crippen LogP contribution is -2.07. The number of hydrogen-bond donors (Lipinski definition) is 2. The van der Waals surface area contributed by atoms with Crippen molar-refractivity contribution in [2.45, 2.75) is 6.18 Å². The monoisotopic (exact) mass is 257 g/mol. The fourth-order valence-electron chi connectivity index (χ4n) is 1.28. The van der Waals surface area contributed by atoms with Crippen LogP contribution in [0.2, 0.25) is 0 Å². The van der Waals surface area contributed by atoms with Crippen LogP contribution >= 0.6 is 0 Å². The van der Waals surface area contributed by atoms with Gasteiger partial charge in [-0.1, -0.05) is 12.1 Å². The number of aromatic carboxylic acids is 1. The molecule has 18 heavy (non-hydrogen) atoms. The maximum absolute atomic E-state index is 12.3. The molecule has 0 radical (unpaired) electrons. The molecule has 1 aromatic carbocycles. The average Bonchev–Trinajstić information content (AvgIpc) is 2.78. The Kier molecular flexibility index (Phi) is 2.77. The van der Waals surface area contributed by atoms with E-state index in [1.54, 1.807) is 5.10 Å². The fourth-order valence-corrected chi connectivity index (χ4v) is 1.28. The number of aromatic amines is 1. The van der Waals surface area contributed by atoms with Gasteiger partial charge < -0.3 is 5.11 Å². The number of nitrogens with zero attached hydrogens (tertiary/aromatic N) is 2. The van der Waals surface area contributed by atoms with Crippen molar-refractivity contribution in [3.8, 4) is 11.4 Å². The quantitative estimate of drug-likeness (QED) is 0.864. The van der Waals surface area contributed by atoms with Crippen LogP contribution in [0.4, 0.5) is 13.2 Å². The summed E-state index contributed by atoms with van der Waals surface area (Å²) >= 11 is 0. The van der Waals surface area contributed by atoms with Crippen molar-refractivity contribution in [2.24, 2.45) is 0 Å². The summed E-state index contributed by atoms with van der Waals surface area (Å²) in [6.45, 7) is 0. The normalized spacial score (nSPS) is 11.5. The minimum absolute atomic E-state index is 0.0327. The molecule has 2 rings (SSSR count). The minimum Gasteiger partial charge on any atom is -0.478 e. The van der Waals surface area contributed by atoms with Gasteiger partial charge in [-0.05, 0) is 12.1 Å². The maximum atomic E-state index is 12.3. The Balaban J connectivity index is 2.32. The molecular formula is C10H6F3N3O2. The van der Waals surface area contributed by atoms with Gasteiger partial charge in [0.15, 0.2) is 5.82 Å². The predicted molar refractivity (Wildman–Crippen MR) is 53.8 cm³/mol. The molecule has 0 saturated carbocycles.